The summed E-state index contributed by atoms with van der Waals surface area (Å²) >= 11 is 0. The lowest BCUT2D eigenvalue weighted by atomic mass is 9.83. The second-order valence-electron chi connectivity index (χ2n) is 9.02. The molecule has 1 nitrogen and oxygen atoms in total. The van der Waals surface area contributed by atoms with Gasteiger partial charge in [0.25, 0.3) is 0 Å². The molecule has 2 heteroatoms. The quantitative estimate of drug-likeness (QED) is 0.638. The van der Waals surface area contributed by atoms with Gasteiger partial charge in [0, 0.05) is 12.6 Å². The van der Waals surface area contributed by atoms with Gasteiger partial charge in [-0.05, 0) is 66.0 Å². The van der Waals surface area contributed by atoms with Crippen molar-refractivity contribution in [3.63, 3.8) is 0 Å². The summed E-state index contributed by atoms with van der Waals surface area (Å²) in [6.07, 6.45) is 2.47. The molecule has 26 heavy (non-hydrogen) atoms. The molecule has 0 bridgehead atoms. The number of hydrogen-bond donors (Lipinski definition) is 0. The van der Waals surface area contributed by atoms with Crippen LogP contribution in [0.1, 0.15) is 63.1 Å². The molecule has 3 atom stereocenters. The molecular formula is C24H32FN. The van der Waals surface area contributed by atoms with Gasteiger partial charge in [0.05, 0.1) is 0 Å². The minimum atomic E-state index is -0.163. The summed E-state index contributed by atoms with van der Waals surface area (Å²) in [5, 5.41) is 0. The van der Waals surface area contributed by atoms with Crippen LogP contribution in [0.5, 0.6) is 0 Å². The first-order chi connectivity index (χ1) is 12.3. The highest BCUT2D eigenvalue weighted by Crippen LogP contribution is 2.42. The molecule has 0 spiro atoms. The van der Waals surface area contributed by atoms with Crippen LogP contribution in [0.15, 0.2) is 48.5 Å². The molecule has 1 aliphatic carbocycles. The second-order valence-corrected chi connectivity index (χ2v) is 9.02. The highest BCUT2D eigenvalue weighted by molar-refractivity contribution is 5.30. The average Bonchev–Trinajstić information content (AvgIpc) is 2.98. The number of nitrogens with zero attached hydrogens (tertiary/aromatic N) is 1. The highest BCUT2D eigenvalue weighted by Gasteiger charge is 2.35. The van der Waals surface area contributed by atoms with Gasteiger partial charge in [0.15, 0.2) is 0 Å². The molecule has 1 saturated carbocycles. The van der Waals surface area contributed by atoms with Crippen molar-refractivity contribution in [1.82, 2.24) is 4.90 Å². The fourth-order valence-electron chi connectivity index (χ4n) is 4.46. The Bertz CT molecular complexity index is 711. The molecule has 0 aliphatic heterocycles. The Labute approximate surface area is 158 Å². The van der Waals surface area contributed by atoms with E-state index in [9.17, 15) is 4.39 Å². The van der Waals surface area contributed by atoms with E-state index in [0.717, 1.165) is 6.54 Å². The molecule has 3 unspecified atom stereocenters. The minimum absolute atomic E-state index is 0.163. The second kappa shape index (κ2) is 7.52. The standard InChI is InChI=1S/C24H32FN/c1-17-22(19-8-10-20(11-9-19)24(2,3)4)14-15-23(17)26(5)16-18-6-12-21(25)13-7-18/h6-13,17,22-23H,14-16H2,1-5H3. The summed E-state index contributed by atoms with van der Waals surface area (Å²) in [6.45, 7) is 10.1. The Morgan fingerprint density at radius 2 is 1.58 bits per heavy atom. The molecule has 0 radical (unpaired) electrons. The summed E-state index contributed by atoms with van der Waals surface area (Å²) in [6, 6.07) is 16.8. The highest BCUT2D eigenvalue weighted by atomic mass is 19.1. The van der Waals surface area contributed by atoms with E-state index in [-0.39, 0.29) is 11.2 Å². The third-order valence-corrected chi connectivity index (χ3v) is 6.13. The fourth-order valence-corrected chi connectivity index (χ4v) is 4.46. The van der Waals surface area contributed by atoms with E-state index >= 15 is 0 Å². The maximum absolute atomic E-state index is 13.1. The largest absolute Gasteiger partial charge is 0.299 e. The molecule has 0 amide bonds. The van der Waals surface area contributed by atoms with Gasteiger partial charge in [-0.25, -0.2) is 4.39 Å². The normalized spacial score (nSPS) is 23.6. The first-order valence-electron chi connectivity index (χ1n) is 9.81. The predicted molar refractivity (Wildman–Crippen MR) is 108 cm³/mol. The van der Waals surface area contributed by atoms with E-state index in [1.807, 2.05) is 12.1 Å². The summed E-state index contributed by atoms with van der Waals surface area (Å²) in [5.41, 5.74) is 4.26. The van der Waals surface area contributed by atoms with E-state index in [0.29, 0.717) is 17.9 Å². The SMILES string of the molecule is CC1C(c2ccc(C(C)(C)C)cc2)CCC1N(C)Cc1ccc(F)cc1. The van der Waals surface area contributed by atoms with Crippen LogP contribution in [0.2, 0.25) is 0 Å². The van der Waals surface area contributed by atoms with Gasteiger partial charge in [0.2, 0.25) is 0 Å². The van der Waals surface area contributed by atoms with Gasteiger partial charge in [-0.2, -0.15) is 0 Å². The Balaban J connectivity index is 1.67. The topological polar surface area (TPSA) is 3.24 Å². The molecule has 0 aromatic heterocycles. The van der Waals surface area contributed by atoms with Gasteiger partial charge in [0.1, 0.15) is 5.82 Å². The zero-order valence-electron chi connectivity index (χ0n) is 16.8. The molecule has 3 rings (SSSR count). The maximum atomic E-state index is 13.1. The molecule has 0 heterocycles. The van der Waals surface area contributed by atoms with Crippen LogP contribution in [-0.4, -0.2) is 18.0 Å². The van der Waals surface area contributed by atoms with E-state index < -0.39 is 0 Å². The molecule has 2 aromatic carbocycles. The molecule has 140 valence electrons. The Morgan fingerprint density at radius 1 is 0.962 bits per heavy atom. The Morgan fingerprint density at radius 3 is 2.15 bits per heavy atom. The van der Waals surface area contributed by atoms with Gasteiger partial charge >= 0.3 is 0 Å². The molecule has 0 N–H and O–H groups in total. The lowest BCUT2D eigenvalue weighted by Crippen LogP contribution is -2.34. The van der Waals surface area contributed by atoms with E-state index in [4.69, 9.17) is 0 Å². The number of rotatable bonds is 4. The van der Waals surface area contributed by atoms with Crippen molar-refractivity contribution in [2.45, 2.75) is 64.5 Å². The zero-order valence-corrected chi connectivity index (χ0v) is 16.8. The molecular weight excluding hydrogens is 321 g/mol. The van der Waals surface area contributed by atoms with Crippen LogP contribution in [0, 0.1) is 11.7 Å². The predicted octanol–water partition coefficient (Wildman–Crippen LogP) is 6.14. The molecule has 0 saturated heterocycles. The first-order valence-corrected chi connectivity index (χ1v) is 9.81. The number of benzene rings is 2. The van der Waals surface area contributed by atoms with Crippen molar-refractivity contribution in [2.75, 3.05) is 7.05 Å². The van der Waals surface area contributed by atoms with Crippen molar-refractivity contribution in [3.05, 3.63) is 71.0 Å². The minimum Gasteiger partial charge on any atom is -0.299 e. The van der Waals surface area contributed by atoms with Gasteiger partial charge in [-0.1, -0.05) is 64.1 Å². The Kier molecular flexibility index (Phi) is 5.53. The third kappa shape index (κ3) is 4.17. The smallest absolute Gasteiger partial charge is 0.123 e. The molecule has 1 aliphatic rings. The van der Waals surface area contributed by atoms with Gasteiger partial charge in [-0.15, -0.1) is 0 Å². The van der Waals surface area contributed by atoms with Crippen molar-refractivity contribution >= 4 is 0 Å². The van der Waals surface area contributed by atoms with E-state index in [1.165, 1.54) is 29.5 Å². The van der Waals surface area contributed by atoms with E-state index in [2.05, 4.69) is 63.9 Å². The monoisotopic (exact) mass is 353 g/mol. The van der Waals surface area contributed by atoms with Crippen LogP contribution in [0.25, 0.3) is 0 Å². The number of halogens is 1. The third-order valence-electron chi connectivity index (χ3n) is 6.13. The van der Waals surface area contributed by atoms with Crippen LogP contribution in [0.3, 0.4) is 0 Å². The average molecular weight is 354 g/mol. The van der Waals surface area contributed by atoms with Crippen molar-refractivity contribution in [3.8, 4) is 0 Å². The molecule has 2 aromatic rings. The first kappa shape index (κ1) is 19.1. The van der Waals surface area contributed by atoms with Gasteiger partial charge < -0.3 is 0 Å². The summed E-state index contributed by atoms with van der Waals surface area (Å²) in [5.74, 6) is 1.09. The van der Waals surface area contributed by atoms with E-state index in [1.54, 1.807) is 12.1 Å². The lowest BCUT2D eigenvalue weighted by molar-refractivity contribution is 0.193. The van der Waals surface area contributed by atoms with Crippen molar-refractivity contribution < 1.29 is 4.39 Å². The zero-order chi connectivity index (χ0) is 18.9. The van der Waals surface area contributed by atoms with Crippen LogP contribution in [0.4, 0.5) is 4.39 Å². The van der Waals surface area contributed by atoms with Crippen LogP contribution in [-0.2, 0) is 12.0 Å². The fraction of sp³-hybridized carbons (Fsp3) is 0.500. The van der Waals surface area contributed by atoms with Crippen LogP contribution >= 0.6 is 0 Å². The summed E-state index contributed by atoms with van der Waals surface area (Å²) in [4.78, 5) is 2.45. The molecule has 1 fully saturated rings. The van der Waals surface area contributed by atoms with Crippen molar-refractivity contribution in [2.24, 2.45) is 5.92 Å². The lowest BCUT2D eigenvalue weighted by Gasteiger charge is -2.30. The Hall–Kier alpha value is -1.67. The maximum Gasteiger partial charge on any atom is 0.123 e. The number of hydrogen-bond acceptors (Lipinski definition) is 1. The summed E-state index contributed by atoms with van der Waals surface area (Å²) in [7, 11) is 2.20. The van der Waals surface area contributed by atoms with Crippen LogP contribution < -0.4 is 0 Å². The summed E-state index contributed by atoms with van der Waals surface area (Å²) < 4.78 is 13.1. The van der Waals surface area contributed by atoms with Gasteiger partial charge in [-0.3, -0.25) is 4.90 Å². The van der Waals surface area contributed by atoms with Crippen molar-refractivity contribution in [1.29, 1.82) is 0 Å².